The quantitative estimate of drug-likeness (QED) is 0.690. The van der Waals surface area contributed by atoms with E-state index >= 15 is 0 Å². The Morgan fingerprint density at radius 2 is 2.14 bits per heavy atom. The topological polar surface area (TPSA) is 105 Å². The van der Waals surface area contributed by atoms with Crippen LogP contribution in [-0.4, -0.2) is 56.8 Å². The highest BCUT2D eigenvalue weighted by molar-refractivity contribution is 5.92. The standard InChI is InChI=1S/C13H18N4O4/c1-8(18)17-6-5-9(11(19)7-17)14-13(21)10-3-4-12(20)16(2)15-10/h3-4,9,11,19H,5-7H2,1-2H3,(H,14,21)/t9-,11-/m1/s1. The van der Waals surface area contributed by atoms with Crippen LogP contribution in [0.4, 0.5) is 0 Å². The Morgan fingerprint density at radius 1 is 1.43 bits per heavy atom. The Kier molecular flexibility index (Phi) is 4.37. The van der Waals surface area contributed by atoms with Gasteiger partial charge in [0.2, 0.25) is 5.91 Å². The normalized spacial score (nSPS) is 22.0. The van der Waals surface area contributed by atoms with Crippen molar-refractivity contribution in [2.45, 2.75) is 25.5 Å². The van der Waals surface area contributed by atoms with Gasteiger partial charge in [-0.25, -0.2) is 4.68 Å². The van der Waals surface area contributed by atoms with Gasteiger partial charge in [-0.1, -0.05) is 0 Å². The SMILES string of the molecule is CC(=O)N1CC[C@@H](NC(=O)c2ccc(=O)n(C)n2)[C@H](O)C1. The van der Waals surface area contributed by atoms with Gasteiger partial charge in [0.25, 0.3) is 11.5 Å². The summed E-state index contributed by atoms with van der Waals surface area (Å²) in [5.74, 6) is -0.551. The molecule has 0 unspecified atom stereocenters. The number of hydrogen-bond acceptors (Lipinski definition) is 5. The van der Waals surface area contributed by atoms with Crippen molar-refractivity contribution in [2.24, 2.45) is 7.05 Å². The Morgan fingerprint density at radius 3 is 2.71 bits per heavy atom. The van der Waals surface area contributed by atoms with Crippen LogP contribution in [0.15, 0.2) is 16.9 Å². The van der Waals surface area contributed by atoms with Gasteiger partial charge in [0.05, 0.1) is 12.1 Å². The van der Waals surface area contributed by atoms with Crippen LogP contribution in [0.25, 0.3) is 0 Å². The summed E-state index contributed by atoms with van der Waals surface area (Å²) in [5, 5.41) is 16.5. The molecular formula is C13H18N4O4. The second-order valence-corrected chi connectivity index (χ2v) is 5.08. The number of aryl methyl sites for hydroxylation is 1. The van der Waals surface area contributed by atoms with E-state index < -0.39 is 18.1 Å². The molecule has 0 saturated carbocycles. The smallest absolute Gasteiger partial charge is 0.272 e. The lowest BCUT2D eigenvalue weighted by molar-refractivity contribution is -0.132. The first-order valence-corrected chi connectivity index (χ1v) is 6.67. The van der Waals surface area contributed by atoms with Gasteiger partial charge in [-0.05, 0) is 12.5 Å². The third-order valence-corrected chi connectivity index (χ3v) is 3.54. The number of hydrogen-bond donors (Lipinski definition) is 2. The molecule has 8 nitrogen and oxygen atoms in total. The van der Waals surface area contributed by atoms with Crippen molar-refractivity contribution in [1.82, 2.24) is 20.0 Å². The number of nitrogens with zero attached hydrogens (tertiary/aromatic N) is 3. The fourth-order valence-corrected chi connectivity index (χ4v) is 2.25. The molecule has 1 saturated heterocycles. The van der Waals surface area contributed by atoms with Gasteiger partial charge >= 0.3 is 0 Å². The molecule has 2 heterocycles. The van der Waals surface area contributed by atoms with Gasteiger partial charge in [0.15, 0.2) is 0 Å². The molecule has 0 radical (unpaired) electrons. The molecule has 1 aliphatic heterocycles. The zero-order chi connectivity index (χ0) is 15.6. The van der Waals surface area contributed by atoms with Crippen molar-refractivity contribution in [3.63, 3.8) is 0 Å². The summed E-state index contributed by atoms with van der Waals surface area (Å²) in [7, 11) is 1.46. The first-order chi connectivity index (χ1) is 9.88. The largest absolute Gasteiger partial charge is 0.389 e. The molecule has 1 aromatic heterocycles. The summed E-state index contributed by atoms with van der Waals surface area (Å²) in [5.41, 5.74) is -0.195. The summed E-state index contributed by atoms with van der Waals surface area (Å²) in [6.45, 7) is 2.12. The molecule has 1 fully saturated rings. The van der Waals surface area contributed by atoms with E-state index in [2.05, 4.69) is 10.4 Å². The molecule has 2 rings (SSSR count). The number of nitrogens with one attached hydrogen (secondary N) is 1. The summed E-state index contributed by atoms with van der Waals surface area (Å²) >= 11 is 0. The average molecular weight is 294 g/mol. The van der Waals surface area contributed by atoms with Gasteiger partial charge in [0.1, 0.15) is 5.69 Å². The van der Waals surface area contributed by atoms with Gasteiger partial charge in [-0.3, -0.25) is 14.4 Å². The molecule has 2 N–H and O–H groups in total. The molecule has 8 heteroatoms. The summed E-state index contributed by atoms with van der Waals surface area (Å²) in [6, 6.07) is 2.16. The maximum atomic E-state index is 12.1. The molecule has 0 aliphatic carbocycles. The van der Waals surface area contributed by atoms with Gasteiger partial charge in [-0.15, -0.1) is 0 Å². The molecule has 21 heavy (non-hydrogen) atoms. The van der Waals surface area contributed by atoms with E-state index in [1.54, 1.807) is 0 Å². The van der Waals surface area contributed by atoms with Crippen molar-refractivity contribution >= 4 is 11.8 Å². The fourth-order valence-electron chi connectivity index (χ4n) is 2.25. The molecular weight excluding hydrogens is 276 g/mol. The zero-order valence-corrected chi connectivity index (χ0v) is 11.9. The number of carbonyl (C=O) groups excluding carboxylic acids is 2. The van der Waals surface area contributed by atoms with E-state index in [4.69, 9.17) is 0 Å². The van der Waals surface area contributed by atoms with Crippen LogP contribution in [0, 0.1) is 0 Å². The van der Waals surface area contributed by atoms with E-state index in [0.29, 0.717) is 13.0 Å². The van der Waals surface area contributed by atoms with E-state index in [-0.39, 0.29) is 23.7 Å². The van der Waals surface area contributed by atoms with Crippen LogP contribution < -0.4 is 10.9 Å². The summed E-state index contributed by atoms with van der Waals surface area (Å²) < 4.78 is 1.07. The summed E-state index contributed by atoms with van der Waals surface area (Å²) in [6.07, 6.45) is -0.350. The number of aliphatic hydroxyl groups excluding tert-OH is 1. The Hall–Kier alpha value is -2.22. The lowest BCUT2D eigenvalue weighted by Crippen LogP contribution is -2.55. The monoisotopic (exact) mass is 294 g/mol. The maximum absolute atomic E-state index is 12.1. The molecule has 1 aliphatic rings. The van der Waals surface area contributed by atoms with E-state index in [1.165, 1.54) is 31.0 Å². The first kappa shape index (κ1) is 15.2. The molecule has 0 spiro atoms. The Balaban J connectivity index is 2.01. The number of carbonyl (C=O) groups is 2. The van der Waals surface area contributed by atoms with Crippen molar-refractivity contribution in [1.29, 1.82) is 0 Å². The van der Waals surface area contributed by atoms with Crippen molar-refractivity contribution in [3.05, 3.63) is 28.2 Å². The lowest BCUT2D eigenvalue weighted by atomic mass is 10.0. The second kappa shape index (κ2) is 6.04. The van der Waals surface area contributed by atoms with Gasteiger partial charge < -0.3 is 15.3 Å². The molecule has 114 valence electrons. The minimum Gasteiger partial charge on any atom is -0.389 e. The lowest BCUT2D eigenvalue weighted by Gasteiger charge is -2.35. The second-order valence-electron chi connectivity index (χ2n) is 5.08. The number of amides is 2. The highest BCUT2D eigenvalue weighted by Gasteiger charge is 2.30. The van der Waals surface area contributed by atoms with Crippen LogP contribution in [0.3, 0.4) is 0 Å². The predicted octanol–water partition coefficient (Wildman–Crippen LogP) is -1.51. The summed E-state index contributed by atoms with van der Waals surface area (Å²) in [4.78, 5) is 36.1. The van der Waals surface area contributed by atoms with E-state index in [0.717, 1.165) is 4.68 Å². The van der Waals surface area contributed by atoms with Crippen LogP contribution in [0.2, 0.25) is 0 Å². The fraction of sp³-hybridized carbons (Fsp3) is 0.538. The maximum Gasteiger partial charge on any atom is 0.272 e. The van der Waals surface area contributed by atoms with Gasteiger partial charge in [0, 0.05) is 33.1 Å². The molecule has 0 bridgehead atoms. The molecule has 1 aromatic rings. The zero-order valence-electron chi connectivity index (χ0n) is 11.9. The third kappa shape index (κ3) is 3.46. The van der Waals surface area contributed by atoms with E-state index in [1.807, 2.05) is 0 Å². The number of rotatable bonds is 2. The van der Waals surface area contributed by atoms with Crippen molar-refractivity contribution in [2.75, 3.05) is 13.1 Å². The Bertz CT molecular complexity index is 612. The minimum atomic E-state index is -0.820. The van der Waals surface area contributed by atoms with Crippen LogP contribution >= 0.6 is 0 Å². The predicted molar refractivity (Wildman–Crippen MR) is 73.6 cm³/mol. The number of piperidine rings is 1. The minimum absolute atomic E-state index is 0.0986. The van der Waals surface area contributed by atoms with Crippen LogP contribution in [0.5, 0.6) is 0 Å². The van der Waals surface area contributed by atoms with Crippen LogP contribution in [-0.2, 0) is 11.8 Å². The average Bonchev–Trinajstić information content (AvgIpc) is 2.43. The first-order valence-electron chi connectivity index (χ1n) is 6.67. The molecule has 2 amide bonds. The Labute approximate surface area is 121 Å². The molecule has 0 aromatic carbocycles. The highest BCUT2D eigenvalue weighted by atomic mass is 16.3. The van der Waals surface area contributed by atoms with Crippen molar-refractivity contribution in [3.8, 4) is 0 Å². The highest BCUT2D eigenvalue weighted by Crippen LogP contribution is 2.11. The number of likely N-dealkylation sites (tertiary alicyclic amines) is 1. The number of aliphatic hydroxyl groups is 1. The third-order valence-electron chi connectivity index (χ3n) is 3.54. The van der Waals surface area contributed by atoms with Gasteiger partial charge in [-0.2, -0.15) is 5.10 Å². The number of aromatic nitrogens is 2. The molecule has 2 atom stereocenters. The number of β-amino-alcohol motifs (C(OH)–C–C–N with tert-alkyl or cyclic N) is 1. The van der Waals surface area contributed by atoms with Crippen LogP contribution in [0.1, 0.15) is 23.8 Å². The van der Waals surface area contributed by atoms with Crippen molar-refractivity contribution < 1.29 is 14.7 Å². The van der Waals surface area contributed by atoms with E-state index in [9.17, 15) is 19.5 Å².